The standard InChI is InChI=1S/C27H37NO3/c1-4-5-6-7-10-22-17-20-13-12-18(2)16-21-14-15-24(29)26(30)25(21)19(3)9-8-11-23(20)27(31)28-22/h6-9,11-16,20-26,29-30H,4-5,10,17H2,1-3H3,(H,28,31)/b7-6+,11-8+,13-12+,18-16+,19-9+/t20-,21+,22+,23+,24+,25+,26+/m0/s1. The van der Waals surface area contributed by atoms with Crippen LogP contribution in [0.4, 0.5) is 0 Å². The third-order valence-corrected chi connectivity index (χ3v) is 6.64. The highest BCUT2D eigenvalue weighted by molar-refractivity contribution is 5.82. The van der Waals surface area contributed by atoms with Gasteiger partial charge < -0.3 is 15.5 Å². The molecule has 3 rings (SSSR count). The van der Waals surface area contributed by atoms with Crippen molar-refractivity contribution >= 4 is 5.91 Å². The van der Waals surface area contributed by atoms with Gasteiger partial charge in [0.15, 0.2) is 0 Å². The van der Waals surface area contributed by atoms with Gasteiger partial charge in [-0.1, -0.05) is 85.3 Å². The number of carbonyl (C=O) groups excluding carboxylic acids is 1. The molecular formula is C27H37NO3. The average molecular weight is 424 g/mol. The van der Waals surface area contributed by atoms with Gasteiger partial charge in [0.1, 0.15) is 0 Å². The smallest absolute Gasteiger partial charge is 0.227 e. The van der Waals surface area contributed by atoms with E-state index in [0.717, 1.165) is 36.8 Å². The van der Waals surface area contributed by atoms with E-state index in [0.29, 0.717) is 0 Å². The van der Waals surface area contributed by atoms with E-state index >= 15 is 0 Å². The molecule has 2 aliphatic carbocycles. The maximum absolute atomic E-state index is 12.9. The van der Waals surface area contributed by atoms with Crippen molar-refractivity contribution in [3.05, 3.63) is 71.9 Å². The van der Waals surface area contributed by atoms with Gasteiger partial charge in [0.25, 0.3) is 0 Å². The fourth-order valence-corrected chi connectivity index (χ4v) is 4.88. The highest BCUT2D eigenvalue weighted by Crippen LogP contribution is 2.34. The van der Waals surface area contributed by atoms with Gasteiger partial charge in [0, 0.05) is 17.9 Å². The van der Waals surface area contributed by atoms with E-state index in [-0.39, 0.29) is 35.6 Å². The summed E-state index contributed by atoms with van der Waals surface area (Å²) in [5, 5.41) is 23.9. The third-order valence-electron chi connectivity index (χ3n) is 6.64. The van der Waals surface area contributed by atoms with Gasteiger partial charge in [0.2, 0.25) is 5.91 Å². The Bertz CT molecular complexity index is 816. The van der Waals surface area contributed by atoms with Crippen LogP contribution in [0.3, 0.4) is 0 Å². The lowest BCUT2D eigenvalue weighted by Crippen LogP contribution is -2.47. The van der Waals surface area contributed by atoms with Gasteiger partial charge >= 0.3 is 0 Å². The summed E-state index contributed by atoms with van der Waals surface area (Å²) in [6.45, 7) is 6.21. The lowest BCUT2D eigenvalue weighted by Gasteiger charge is -2.35. The number of rotatable bonds is 4. The number of fused-ring (bicyclic) bond motifs is 2. The van der Waals surface area contributed by atoms with Crippen molar-refractivity contribution in [2.75, 3.05) is 0 Å². The first-order chi connectivity index (χ1) is 14.9. The Morgan fingerprint density at radius 1 is 1.13 bits per heavy atom. The van der Waals surface area contributed by atoms with Gasteiger partial charge in [0.05, 0.1) is 18.1 Å². The van der Waals surface area contributed by atoms with Crippen molar-refractivity contribution in [1.82, 2.24) is 5.32 Å². The Balaban J connectivity index is 1.87. The largest absolute Gasteiger partial charge is 0.389 e. The zero-order chi connectivity index (χ0) is 22.4. The molecule has 0 bridgehead atoms. The molecule has 1 saturated heterocycles. The first kappa shape index (κ1) is 23.5. The van der Waals surface area contributed by atoms with Crippen molar-refractivity contribution in [3.8, 4) is 0 Å². The van der Waals surface area contributed by atoms with Crippen LogP contribution in [0.2, 0.25) is 0 Å². The molecule has 7 atom stereocenters. The average Bonchev–Trinajstić information content (AvgIpc) is 2.73. The molecule has 0 aromatic heterocycles. The minimum atomic E-state index is -0.859. The monoisotopic (exact) mass is 423 g/mol. The molecule has 4 nitrogen and oxygen atoms in total. The van der Waals surface area contributed by atoms with Crippen molar-refractivity contribution in [2.24, 2.45) is 23.7 Å². The van der Waals surface area contributed by atoms with E-state index in [4.69, 9.17) is 0 Å². The number of aliphatic hydroxyl groups excluding tert-OH is 2. The van der Waals surface area contributed by atoms with Crippen LogP contribution in [0, 0.1) is 23.7 Å². The molecule has 1 heterocycles. The minimum Gasteiger partial charge on any atom is -0.389 e. The van der Waals surface area contributed by atoms with Gasteiger partial charge in [-0.25, -0.2) is 0 Å². The van der Waals surface area contributed by atoms with Crippen molar-refractivity contribution in [2.45, 2.75) is 64.7 Å². The normalized spacial score (nSPS) is 41.5. The van der Waals surface area contributed by atoms with Crippen LogP contribution in [0.5, 0.6) is 0 Å². The number of aliphatic hydroxyl groups is 2. The molecular weight excluding hydrogens is 386 g/mol. The number of hydrogen-bond acceptors (Lipinski definition) is 3. The fourth-order valence-electron chi connectivity index (χ4n) is 4.88. The maximum Gasteiger partial charge on any atom is 0.227 e. The molecule has 0 radical (unpaired) electrons. The Kier molecular flexibility index (Phi) is 8.28. The molecule has 0 spiro atoms. The van der Waals surface area contributed by atoms with Crippen LogP contribution >= 0.6 is 0 Å². The number of unbranched alkanes of at least 4 members (excludes halogenated alkanes) is 1. The number of nitrogens with one attached hydrogen (secondary N) is 1. The Morgan fingerprint density at radius 3 is 2.71 bits per heavy atom. The second-order valence-corrected chi connectivity index (χ2v) is 9.16. The number of allylic oxidation sites excluding steroid dienone is 8. The second-order valence-electron chi connectivity index (χ2n) is 9.16. The molecule has 4 heteroatoms. The van der Waals surface area contributed by atoms with Crippen molar-refractivity contribution < 1.29 is 15.0 Å². The van der Waals surface area contributed by atoms with Crippen LogP contribution in [-0.4, -0.2) is 34.4 Å². The van der Waals surface area contributed by atoms with E-state index in [1.165, 1.54) is 0 Å². The first-order valence-corrected chi connectivity index (χ1v) is 11.6. The van der Waals surface area contributed by atoms with Gasteiger partial charge in [-0.3, -0.25) is 4.79 Å². The van der Waals surface area contributed by atoms with Crippen LogP contribution in [0.1, 0.15) is 46.5 Å². The second kappa shape index (κ2) is 10.9. The molecule has 3 N–H and O–H groups in total. The Hall–Kier alpha value is -2.17. The highest BCUT2D eigenvalue weighted by Gasteiger charge is 2.35. The van der Waals surface area contributed by atoms with Crippen molar-refractivity contribution in [3.63, 3.8) is 0 Å². The summed E-state index contributed by atoms with van der Waals surface area (Å²) in [6.07, 6.45) is 22.7. The Labute approximate surface area is 186 Å². The summed E-state index contributed by atoms with van der Waals surface area (Å²) in [5.41, 5.74) is 2.10. The van der Waals surface area contributed by atoms with E-state index in [1.807, 2.05) is 31.2 Å². The number of piperidine rings is 1. The molecule has 1 aliphatic heterocycles. The van der Waals surface area contributed by atoms with Crippen LogP contribution in [0.25, 0.3) is 0 Å². The molecule has 0 saturated carbocycles. The lowest BCUT2D eigenvalue weighted by molar-refractivity contribution is -0.127. The van der Waals surface area contributed by atoms with Gasteiger partial charge in [-0.15, -0.1) is 0 Å². The molecule has 3 aliphatic rings. The van der Waals surface area contributed by atoms with Gasteiger partial charge in [-0.05, 0) is 39.0 Å². The zero-order valence-corrected chi connectivity index (χ0v) is 18.9. The quantitative estimate of drug-likeness (QED) is 0.587. The summed E-state index contributed by atoms with van der Waals surface area (Å²) < 4.78 is 0. The number of amides is 1. The molecule has 1 amide bonds. The van der Waals surface area contributed by atoms with Gasteiger partial charge in [-0.2, -0.15) is 0 Å². The van der Waals surface area contributed by atoms with Crippen LogP contribution in [0.15, 0.2) is 71.9 Å². The zero-order valence-electron chi connectivity index (χ0n) is 18.9. The van der Waals surface area contributed by atoms with E-state index in [2.05, 4.69) is 49.5 Å². The number of hydrogen-bond donors (Lipinski definition) is 3. The minimum absolute atomic E-state index is 0.0222. The maximum atomic E-state index is 12.9. The van der Waals surface area contributed by atoms with Crippen molar-refractivity contribution in [1.29, 1.82) is 0 Å². The van der Waals surface area contributed by atoms with E-state index in [1.54, 1.807) is 6.08 Å². The van der Waals surface area contributed by atoms with Crippen LogP contribution < -0.4 is 5.32 Å². The summed E-state index contributed by atoms with van der Waals surface area (Å²) in [4.78, 5) is 12.9. The highest BCUT2D eigenvalue weighted by atomic mass is 16.3. The summed E-state index contributed by atoms with van der Waals surface area (Å²) in [6, 6.07) is 0.164. The third kappa shape index (κ3) is 5.96. The molecule has 0 aromatic rings. The Morgan fingerprint density at radius 2 is 1.94 bits per heavy atom. The van der Waals surface area contributed by atoms with Crippen LogP contribution in [-0.2, 0) is 4.79 Å². The predicted octanol–water partition coefficient (Wildman–Crippen LogP) is 4.40. The molecule has 31 heavy (non-hydrogen) atoms. The van der Waals surface area contributed by atoms with E-state index in [9.17, 15) is 15.0 Å². The fraction of sp³-hybridized carbons (Fsp3) is 0.519. The number of carbonyl (C=O) groups is 1. The topological polar surface area (TPSA) is 69.6 Å². The summed E-state index contributed by atoms with van der Waals surface area (Å²) in [5.74, 6) is -0.154. The molecule has 168 valence electrons. The first-order valence-electron chi connectivity index (χ1n) is 11.6. The summed E-state index contributed by atoms with van der Waals surface area (Å²) >= 11 is 0. The SMILES string of the molecule is CCC/C=C/C[C@@H]1C[C@@H]2/C=C/C(C)=C/[C@H]3C=C[C@@H](O)[C@@H](O)[C@@H]3/C(C)=C/C=C/[C@H]2C(=O)N1. The predicted molar refractivity (Wildman–Crippen MR) is 126 cm³/mol. The lowest BCUT2D eigenvalue weighted by atomic mass is 9.75. The van der Waals surface area contributed by atoms with E-state index < -0.39 is 12.2 Å². The molecule has 1 fully saturated rings. The summed E-state index contributed by atoms with van der Waals surface area (Å²) in [7, 11) is 0. The molecule has 0 unspecified atom stereocenters. The molecule has 0 aromatic carbocycles.